The number of amides is 1. The van der Waals surface area contributed by atoms with Crippen LogP contribution in [0.3, 0.4) is 0 Å². The van der Waals surface area contributed by atoms with Crippen LogP contribution in [0.1, 0.15) is 28.4 Å². The lowest BCUT2D eigenvalue weighted by atomic mass is 10.0. The number of ketones is 1. The molecule has 0 saturated carbocycles. The third-order valence-corrected chi connectivity index (χ3v) is 3.72. The van der Waals surface area contributed by atoms with E-state index in [1.54, 1.807) is 30.3 Å². The number of esters is 1. The van der Waals surface area contributed by atoms with E-state index in [1.165, 1.54) is 14.0 Å². The number of benzene rings is 2. The van der Waals surface area contributed by atoms with Crippen molar-refractivity contribution < 1.29 is 23.9 Å². The van der Waals surface area contributed by atoms with Crippen LogP contribution in [0.15, 0.2) is 42.5 Å². The highest BCUT2D eigenvalue weighted by molar-refractivity contribution is 5.95. The summed E-state index contributed by atoms with van der Waals surface area (Å²) in [6.07, 6.45) is -0.0951. The van der Waals surface area contributed by atoms with Gasteiger partial charge in [-0.15, -0.1) is 0 Å². The lowest BCUT2D eigenvalue weighted by Gasteiger charge is -2.10. The zero-order valence-electron chi connectivity index (χ0n) is 15.0. The maximum absolute atomic E-state index is 12.0. The summed E-state index contributed by atoms with van der Waals surface area (Å²) in [4.78, 5) is 35.4. The second-order valence-corrected chi connectivity index (χ2v) is 5.83. The Morgan fingerprint density at radius 2 is 1.73 bits per heavy atom. The Balaban J connectivity index is 1.92. The first-order valence-corrected chi connectivity index (χ1v) is 8.09. The Kier molecular flexibility index (Phi) is 6.49. The number of Topliss-reactive ketones (excluding diaryl/α,β-unsaturated/α-hetero) is 1. The molecule has 0 aliphatic rings. The van der Waals surface area contributed by atoms with E-state index >= 15 is 0 Å². The van der Waals surface area contributed by atoms with Crippen molar-refractivity contribution in [1.29, 1.82) is 0 Å². The molecule has 2 rings (SSSR count). The second-order valence-electron chi connectivity index (χ2n) is 5.83. The predicted octanol–water partition coefficient (Wildman–Crippen LogP) is 2.93. The molecule has 0 heterocycles. The van der Waals surface area contributed by atoms with Crippen molar-refractivity contribution in [2.45, 2.75) is 20.3 Å². The molecule has 0 radical (unpaired) electrons. The summed E-state index contributed by atoms with van der Waals surface area (Å²) in [7, 11) is 1.48. The number of anilines is 1. The molecule has 0 unspecified atom stereocenters. The summed E-state index contributed by atoms with van der Waals surface area (Å²) in [6, 6.07) is 12.1. The Morgan fingerprint density at radius 3 is 2.35 bits per heavy atom. The van der Waals surface area contributed by atoms with E-state index < -0.39 is 11.9 Å². The number of hydrogen-bond acceptors (Lipinski definition) is 5. The summed E-state index contributed by atoms with van der Waals surface area (Å²) in [5, 5.41) is 2.65. The van der Waals surface area contributed by atoms with E-state index in [2.05, 4.69) is 5.32 Å². The molecule has 6 heteroatoms. The van der Waals surface area contributed by atoms with E-state index in [4.69, 9.17) is 9.47 Å². The molecule has 1 amide bonds. The molecule has 0 fully saturated rings. The molecule has 0 spiro atoms. The van der Waals surface area contributed by atoms with Crippen LogP contribution in [0.4, 0.5) is 5.69 Å². The maximum atomic E-state index is 12.0. The monoisotopic (exact) mass is 355 g/mol. The molecular weight excluding hydrogens is 334 g/mol. The first-order valence-electron chi connectivity index (χ1n) is 8.09. The summed E-state index contributed by atoms with van der Waals surface area (Å²) in [6.45, 7) is 3.00. The molecule has 6 nitrogen and oxygen atoms in total. The van der Waals surface area contributed by atoms with Gasteiger partial charge in [0.2, 0.25) is 0 Å². The zero-order chi connectivity index (χ0) is 19.1. The van der Waals surface area contributed by atoms with Crippen molar-refractivity contribution >= 4 is 23.3 Å². The number of methoxy groups -OCH3 is 1. The van der Waals surface area contributed by atoms with Crippen molar-refractivity contribution in [3.8, 4) is 5.75 Å². The summed E-state index contributed by atoms with van der Waals surface area (Å²) in [5.41, 5.74) is 2.72. The van der Waals surface area contributed by atoms with Crippen LogP contribution in [0.5, 0.6) is 5.75 Å². The lowest BCUT2D eigenvalue weighted by Crippen LogP contribution is -2.21. The average molecular weight is 355 g/mol. The van der Waals surface area contributed by atoms with Gasteiger partial charge in [0, 0.05) is 16.8 Å². The molecule has 2 aromatic rings. The van der Waals surface area contributed by atoms with E-state index in [1.807, 2.05) is 19.1 Å². The van der Waals surface area contributed by atoms with E-state index in [0.717, 1.165) is 5.56 Å². The molecule has 1 N–H and O–H groups in total. The van der Waals surface area contributed by atoms with E-state index in [-0.39, 0.29) is 18.8 Å². The normalized spacial score (nSPS) is 10.1. The minimum atomic E-state index is -0.581. The van der Waals surface area contributed by atoms with Crippen LogP contribution in [0.25, 0.3) is 0 Å². The minimum absolute atomic E-state index is 0.0951. The maximum Gasteiger partial charge on any atom is 0.310 e. The number of nitrogens with one attached hydrogen (secondary N) is 1. The van der Waals surface area contributed by atoms with Crippen molar-refractivity contribution in [1.82, 2.24) is 0 Å². The second kappa shape index (κ2) is 8.80. The van der Waals surface area contributed by atoms with Crippen LogP contribution in [-0.4, -0.2) is 31.4 Å². The van der Waals surface area contributed by atoms with E-state index in [9.17, 15) is 14.4 Å². The molecule has 26 heavy (non-hydrogen) atoms. The molecular formula is C20H21NO5. The van der Waals surface area contributed by atoms with Crippen molar-refractivity contribution in [3.05, 3.63) is 59.2 Å². The summed E-state index contributed by atoms with van der Waals surface area (Å²) >= 11 is 0. The molecule has 0 aliphatic carbocycles. The van der Waals surface area contributed by atoms with Crippen LogP contribution in [0, 0.1) is 6.92 Å². The summed E-state index contributed by atoms with van der Waals surface area (Å²) in [5.74, 6) is -0.634. The molecule has 0 saturated heterocycles. The van der Waals surface area contributed by atoms with Crippen LogP contribution < -0.4 is 10.1 Å². The highest BCUT2D eigenvalue weighted by atomic mass is 16.5. The van der Waals surface area contributed by atoms with Gasteiger partial charge in [-0.3, -0.25) is 14.4 Å². The molecule has 0 aromatic heterocycles. The van der Waals surface area contributed by atoms with Gasteiger partial charge in [0.1, 0.15) is 5.75 Å². The molecule has 0 aliphatic heterocycles. The highest BCUT2D eigenvalue weighted by Gasteiger charge is 2.14. The number of hydrogen-bond donors (Lipinski definition) is 1. The smallest absolute Gasteiger partial charge is 0.310 e. The first-order chi connectivity index (χ1) is 12.4. The quantitative estimate of drug-likeness (QED) is 0.610. The van der Waals surface area contributed by atoms with Crippen molar-refractivity contribution in [3.63, 3.8) is 0 Å². The fourth-order valence-electron chi connectivity index (χ4n) is 2.32. The van der Waals surface area contributed by atoms with E-state index in [0.29, 0.717) is 22.6 Å². The Morgan fingerprint density at radius 1 is 1.04 bits per heavy atom. The number of aryl methyl sites for hydroxylation is 1. The Labute approximate surface area is 152 Å². The number of ether oxygens (including phenoxy) is 2. The fourth-order valence-corrected chi connectivity index (χ4v) is 2.32. The standard InChI is InChI=1S/C20H21NO5/c1-13-4-7-17(8-5-13)21-19(23)12-26-20(24)11-16-10-15(14(2)22)6-9-18(16)25-3/h4-10H,11-12H2,1-3H3,(H,21,23). The molecule has 0 bridgehead atoms. The van der Waals surface area contributed by atoms with Crippen LogP contribution in [0.2, 0.25) is 0 Å². The van der Waals surface area contributed by atoms with Gasteiger partial charge in [-0.25, -0.2) is 0 Å². The van der Waals surface area contributed by atoms with Gasteiger partial charge < -0.3 is 14.8 Å². The fraction of sp³-hybridized carbons (Fsp3) is 0.250. The first kappa shape index (κ1) is 19.2. The van der Waals surface area contributed by atoms with Gasteiger partial charge >= 0.3 is 5.97 Å². The lowest BCUT2D eigenvalue weighted by molar-refractivity contribution is -0.146. The van der Waals surface area contributed by atoms with Crippen LogP contribution in [-0.2, 0) is 20.7 Å². The van der Waals surface area contributed by atoms with Crippen molar-refractivity contribution in [2.24, 2.45) is 0 Å². The average Bonchev–Trinajstić information content (AvgIpc) is 2.62. The Hall–Kier alpha value is -3.15. The molecule has 136 valence electrons. The van der Waals surface area contributed by atoms with Gasteiger partial charge in [0.15, 0.2) is 12.4 Å². The number of carbonyl (C=O) groups excluding carboxylic acids is 3. The highest BCUT2D eigenvalue weighted by Crippen LogP contribution is 2.21. The van der Waals surface area contributed by atoms with Crippen LogP contribution >= 0.6 is 0 Å². The van der Waals surface area contributed by atoms with Gasteiger partial charge in [0.25, 0.3) is 5.91 Å². The van der Waals surface area contributed by atoms with Crippen molar-refractivity contribution in [2.75, 3.05) is 19.0 Å². The molecule has 0 atom stereocenters. The SMILES string of the molecule is COc1ccc(C(C)=O)cc1CC(=O)OCC(=O)Nc1ccc(C)cc1. The number of rotatable bonds is 7. The minimum Gasteiger partial charge on any atom is -0.496 e. The third kappa shape index (κ3) is 5.44. The topological polar surface area (TPSA) is 81.7 Å². The molecule has 2 aromatic carbocycles. The Bertz CT molecular complexity index is 811. The largest absolute Gasteiger partial charge is 0.496 e. The number of carbonyl (C=O) groups is 3. The third-order valence-electron chi connectivity index (χ3n) is 3.72. The predicted molar refractivity (Wildman–Crippen MR) is 97.5 cm³/mol. The van der Waals surface area contributed by atoms with Gasteiger partial charge in [0.05, 0.1) is 13.5 Å². The van der Waals surface area contributed by atoms with Gasteiger partial charge in [-0.2, -0.15) is 0 Å². The zero-order valence-corrected chi connectivity index (χ0v) is 15.0. The van der Waals surface area contributed by atoms with Gasteiger partial charge in [-0.1, -0.05) is 17.7 Å². The van der Waals surface area contributed by atoms with Gasteiger partial charge in [-0.05, 0) is 44.2 Å². The summed E-state index contributed by atoms with van der Waals surface area (Å²) < 4.78 is 10.2.